The molecule has 1 aliphatic heterocycles. The number of carbonyl (C=O) groups is 1. The molecule has 6 nitrogen and oxygen atoms in total. The standard InChI is InChI=1S/C18H27N5OS/c1-14(2)23-17(6-7-19-23)20-18(24)15(3)22-10-8-21(9-11-22)13-16-5-4-12-25-16/h4-7,12,14-15H,8-11,13H2,1-3H3,(H,20,24). The highest BCUT2D eigenvalue weighted by Gasteiger charge is 2.26. The molecule has 0 bridgehead atoms. The van der Waals surface area contributed by atoms with Crippen LogP contribution in [0.5, 0.6) is 0 Å². The number of hydrogen-bond acceptors (Lipinski definition) is 5. The predicted octanol–water partition coefficient (Wildman–Crippen LogP) is 2.67. The van der Waals surface area contributed by atoms with Crippen LogP contribution in [0.15, 0.2) is 29.8 Å². The highest BCUT2D eigenvalue weighted by Crippen LogP contribution is 2.16. The van der Waals surface area contributed by atoms with Crippen LogP contribution in [0.1, 0.15) is 31.7 Å². The van der Waals surface area contributed by atoms with Gasteiger partial charge in [-0.05, 0) is 32.2 Å². The molecule has 1 amide bonds. The Balaban J connectivity index is 1.50. The van der Waals surface area contributed by atoms with Gasteiger partial charge in [-0.1, -0.05) is 6.07 Å². The first-order valence-corrected chi connectivity index (χ1v) is 9.75. The number of hydrogen-bond donors (Lipinski definition) is 1. The van der Waals surface area contributed by atoms with Gasteiger partial charge in [0.25, 0.3) is 0 Å². The van der Waals surface area contributed by atoms with Gasteiger partial charge in [-0.15, -0.1) is 11.3 Å². The summed E-state index contributed by atoms with van der Waals surface area (Å²) in [5.74, 6) is 0.803. The minimum absolute atomic E-state index is 0.0362. The van der Waals surface area contributed by atoms with Crippen molar-refractivity contribution < 1.29 is 4.79 Å². The molecule has 1 aliphatic rings. The highest BCUT2D eigenvalue weighted by atomic mass is 32.1. The van der Waals surface area contributed by atoms with E-state index in [1.165, 1.54) is 4.88 Å². The van der Waals surface area contributed by atoms with Crippen LogP contribution < -0.4 is 5.32 Å². The number of rotatable bonds is 6. The Morgan fingerprint density at radius 2 is 2.00 bits per heavy atom. The predicted molar refractivity (Wildman–Crippen MR) is 102 cm³/mol. The smallest absolute Gasteiger partial charge is 0.242 e. The molecule has 25 heavy (non-hydrogen) atoms. The van der Waals surface area contributed by atoms with Gasteiger partial charge < -0.3 is 5.32 Å². The van der Waals surface area contributed by atoms with Gasteiger partial charge in [0.1, 0.15) is 5.82 Å². The van der Waals surface area contributed by atoms with E-state index >= 15 is 0 Å². The zero-order valence-corrected chi connectivity index (χ0v) is 16.0. The van der Waals surface area contributed by atoms with Crippen molar-refractivity contribution in [1.82, 2.24) is 19.6 Å². The number of aromatic nitrogens is 2. The van der Waals surface area contributed by atoms with Crippen molar-refractivity contribution >= 4 is 23.1 Å². The summed E-state index contributed by atoms with van der Waals surface area (Å²) in [7, 11) is 0. The fourth-order valence-corrected chi connectivity index (χ4v) is 3.90. The molecule has 2 aromatic rings. The van der Waals surface area contributed by atoms with Crippen LogP contribution >= 0.6 is 11.3 Å². The second kappa shape index (κ2) is 8.12. The first-order valence-electron chi connectivity index (χ1n) is 8.87. The monoisotopic (exact) mass is 361 g/mol. The number of piperazine rings is 1. The van der Waals surface area contributed by atoms with E-state index in [9.17, 15) is 4.79 Å². The molecule has 1 saturated heterocycles. The molecule has 0 aliphatic carbocycles. The van der Waals surface area contributed by atoms with Crippen LogP contribution in [0.4, 0.5) is 5.82 Å². The summed E-state index contributed by atoms with van der Waals surface area (Å²) in [6.45, 7) is 10.9. The maximum Gasteiger partial charge on any atom is 0.242 e. The maximum atomic E-state index is 12.6. The van der Waals surface area contributed by atoms with E-state index in [4.69, 9.17) is 0 Å². The lowest BCUT2D eigenvalue weighted by atomic mass is 10.2. The molecular formula is C18H27N5OS. The van der Waals surface area contributed by atoms with Gasteiger partial charge in [-0.3, -0.25) is 14.6 Å². The van der Waals surface area contributed by atoms with E-state index < -0.39 is 0 Å². The lowest BCUT2D eigenvalue weighted by molar-refractivity contribution is -0.121. The molecule has 1 atom stereocenters. The fourth-order valence-electron chi connectivity index (χ4n) is 3.15. The molecule has 0 saturated carbocycles. The molecular weight excluding hydrogens is 334 g/mol. The average molecular weight is 362 g/mol. The van der Waals surface area contributed by atoms with Crippen LogP contribution in [-0.2, 0) is 11.3 Å². The summed E-state index contributed by atoms with van der Waals surface area (Å²) in [6.07, 6.45) is 1.73. The molecule has 136 valence electrons. The number of nitrogens with zero attached hydrogens (tertiary/aromatic N) is 4. The minimum Gasteiger partial charge on any atom is -0.310 e. The number of nitrogens with one attached hydrogen (secondary N) is 1. The Kier molecular flexibility index (Phi) is 5.88. The molecule has 0 radical (unpaired) electrons. The third-order valence-corrected chi connectivity index (χ3v) is 5.57. The van der Waals surface area contributed by atoms with E-state index in [2.05, 4.69) is 51.6 Å². The summed E-state index contributed by atoms with van der Waals surface area (Å²) in [5.41, 5.74) is 0. The zero-order chi connectivity index (χ0) is 17.8. The van der Waals surface area contributed by atoms with Gasteiger partial charge in [-0.2, -0.15) is 5.10 Å². The van der Waals surface area contributed by atoms with Crippen LogP contribution in [0.2, 0.25) is 0 Å². The molecule has 0 spiro atoms. The zero-order valence-electron chi connectivity index (χ0n) is 15.2. The summed E-state index contributed by atoms with van der Waals surface area (Å²) in [4.78, 5) is 18.7. The average Bonchev–Trinajstić information content (AvgIpc) is 3.26. The third kappa shape index (κ3) is 4.48. The Bertz CT molecular complexity index is 673. The van der Waals surface area contributed by atoms with Crippen molar-refractivity contribution in [1.29, 1.82) is 0 Å². The number of thiophene rings is 1. The lowest BCUT2D eigenvalue weighted by Crippen LogP contribution is -2.52. The summed E-state index contributed by atoms with van der Waals surface area (Å²) in [5, 5.41) is 9.42. The van der Waals surface area contributed by atoms with Crippen molar-refractivity contribution in [2.24, 2.45) is 0 Å². The number of anilines is 1. The van der Waals surface area contributed by atoms with Gasteiger partial charge in [-0.25, -0.2) is 4.68 Å². The van der Waals surface area contributed by atoms with Gasteiger partial charge in [0.15, 0.2) is 0 Å². The van der Waals surface area contributed by atoms with Gasteiger partial charge in [0.05, 0.1) is 12.2 Å². The van der Waals surface area contributed by atoms with Crippen LogP contribution in [0.3, 0.4) is 0 Å². The second-order valence-electron chi connectivity index (χ2n) is 6.81. The van der Waals surface area contributed by atoms with Gasteiger partial charge in [0, 0.05) is 49.7 Å². The van der Waals surface area contributed by atoms with Crippen molar-refractivity contribution in [2.75, 3.05) is 31.5 Å². The Hall–Kier alpha value is -1.70. The van der Waals surface area contributed by atoms with Gasteiger partial charge >= 0.3 is 0 Å². The molecule has 7 heteroatoms. The fraction of sp³-hybridized carbons (Fsp3) is 0.556. The molecule has 0 aromatic carbocycles. The van der Waals surface area contributed by atoms with Crippen molar-refractivity contribution in [3.8, 4) is 0 Å². The molecule has 1 N–H and O–H groups in total. The van der Waals surface area contributed by atoms with Crippen molar-refractivity contribution in [3.63, 3.8) is 0 Å². The topological polar surface area (TPSA) is 53.4 Å². The molecule has 3 heterocycles. The first-order chi connectivity index (χ1) is 12.0. The van der Waals surface area contributed by atoms with E-state index in [1.54, 1.807) is 17.5 Å². The Morgan fingerprint density at radius 1 is 1.24 bits per heavy atom. The molecule has 1 unspecified atom stereocenters. The van der Waals surface area contributed by atoms with E-state index in [-0.39, 0.29) is 18.0 Å². The Labute approximate surface area is 153 Å². The molecule has 1 fully saturated rings. The third-order valence-electron chi connectivity index (χ3n) is 4.70. The lowest BCUT2D eigenvalue weighted by Gasteiger charge is -2.37. The summed E-state index contributed by atoms with van der Waals surface area (Å²) >= 11 is 1.81. The number of amides is 1. The SMILES string of the molecule is CC(C(=O)Nc1ccnn1C(C)C)N1CCN(Cc2cccs2)CC1. The summed E-state index contributed by atoms with van der Waals surface area (Å²) < 4.78 is 1.84. The van der Waals surface area contributed by atoms with Crippen molar-refractivity contribution in [2.45, 2.75) is 39.4 Å². The normalized spacial score (nSPS) is 17.8. The second-order valence-corrected chi connectivity index (χ2v) is 7.84. The minimum atomic E-state index is -0.139. The Morgan fingerprint density at radius 3 is 2.64 bits per heavy atom. The largest absolute Gasteiger partial charge is 0.310 e. The highest BCUT2D eigenvalue weighted by molar-refractivity contribution is 7.09. The van der Waals surface area contributed by atoms with Gasteiger partial charge in [0.2, 0.25) is 5.91 Å². The number of carbonyl (C=O) groups excluding carboxylic acids is 1. The van der Waals surface area contributed by atoms with Crippen LogP contribution in [0, 0.1) is 0 Å². The van der Waals surface area contributed by atoms with E-state index in [0.717, 1.165) is 38.5 Å². The van der Waals surface area contributed by atoms with Crippen LogP contribution in [-0.4, -0.2) is 57.7 Å². The molecule has 2 aromatic heterocycles. The van der Waals surface area contributed by atoms with E-state index in [0.29, 0.717) is 0 Å². The quantitative estimate of drug-likeness (QED) is 0.859. The molecule has 3 rings (SSSR count). The van der Waals surface area contributed by atoms with Crippen LogP contribution in [0.25, 0.3) is 0 Å². The maximum absolute atomic E-state index is 12.6. The first kappa shape index (κ1) is 18.1. The van der Waals surface area contributed by atoms with E-state index in [1.807, 2.05) is 17.7 Å². The van der Waals surface area contributed by atoms with Crippen molar-refractivity contribution in [3.05, 3.63) is 34.7 Å². The summed E-state index contributed by atoms with van der Waals surface area (Å²) in [6, 6.07) is 6.22.